The van der Waals surface area contributed by atoms with Crippen LogP contribution in [0.2, 0.25) is 0 Å². The number of ether oxygens (including phenoxy) is 1. The van der Waals surface area contributed by atoms with E-state index >= 15 is 0 Å². The van der Waals surface area contributed by atoms with Crippen LogP contribution in [-0.2, 0) is 11.0 Å². The monoisotopic (exact) mass is 386 g/mol. The van der Waals surface area contributed by atoms with E-state index in [0.29, 0.717) is 16.2 Å². The second kappa shape index (κ2) is 7.84. The van der Waals surface area contributed by atoms with E-state index in [1.54, 1.807) is 30.3 Å². The number of carbonyl (C=O) groups excluding carboxylic acids is 1. The van der Waals surface area contributed by atoms with Crippen molar-refractivity contribution in [3.63, 3.8) is 0 Å². The molecule has 1 amide bonds. The van der Waals surface area contributed by atoms with Crippen LogP contribution >= 0.6 is 0 Å². The first-order valence-electron chi connectivity index (χ1n) is 8.54. The highest BCUT2D eigenvalue weighted by molar-refractivity contribution is 7.83. The molecule has 3 aromatic rings. The summed E-state index contributed by atoms with van der Waals surface area (Å²) in [6, 6.07) is 14.2. The Morgan fingerprint density at radius 2 is 1.89 bits per heavy atom. The van der Waals surface area contributed by atoms with Gasteiger partial charge < -0.3 is 14.1 Å². The number of fused-ring (bicyclic) bond motifs is 1. The Bertz CT molecular complexity index is 995. The fourth-order valence-electron chi connectivity index (χ4n) is 2.55. The number of rotatable bonds is 6. The maximum absolute atomic E-state index is 12.6. The molecule has 3 rings (SSSR count). The minimum absolute atomic E-state index is 0.0693. The van der Waals surface area contributed by atoms with Crippen molar-refractivity contribution in [3.8, 4) is 5.75 Å². The van der Waals surface area contributed by atoms with E-state index in [2.05, 4.69) is 4.72 Å². The van der Waals surface area contributed by atoms with Gasteiger partial charge in [-0.1, -0.05) is 12.1 Å². The van der Waals surface area contributed by atoms with Gasteiger partial charge in [-0.25, -0.2) is 4.21 Å². The molecule has 6 nitrogen and oxygen atoms in total. The molecule has 27 heavy (non-hydrogen) atoms. The molecule has 1 unspecified atom stereocenters. The van der Waals surface area contributed by atoms with E-state index < -0.39 is 16.9 Å². The highest BCUT2D eigenvalue weighted by atomic mass is 32.2. The standard InChI is InChI=1S/C20H22N2O4S/c1-13(2)25-16-7-5-6-8-19(16)27(24)21-20(23)18-11-14-9-10-15(22(3)4)12-17(14)26-18/h5-13H,1-4H3,(H,21,23). The summed E-state index contributed by atoms with van der Waals surface area (Å²) in [4.78, 5) is 14.9. The number of anilines is 1. The molecular weight excluding hydrogens is 364 g/mol. The minimum atomic E-state index is -1.77. The number of hydrogen-bond acceptors (Lipinski definition) is 5. The van der Waals surface area contributed by atoms with Crippen molar-refractivity contribution in [1.82, 2.24) is 4.72 Å². The van der Waals surface area contributed by atoms with Crippen molar-refractivity contribution in [2.24, 2.45) is 0 Å². The van der Waals surface area contributed by atoms with Crippen molar-refractivity contribution in [1.29, 1.82) is 0 Å². The van der Waals surface area contributed by atoms with E-state index in [-0.39, 0.29) is 11.9 Å². The molecule has 1 atom stereocenters. The summed E-state index contributed by atoms with van der Waals surface area (Å²) in [6.45, 7) is 3.77. The van der Waals surface area contributed by atoms with Crippen molar-refractivity contribution in [2.45, 2.75) is 24.8 Å². The Kier molecular flexibility index (Phi) is 5.51. The molecule has 0 spiro atoms. The lowest BCUT2D eigenvalue weighted by molar-refractivity contribution is 0.0958. The maximum Gasteiger partial charge on any atom is 0.298 e. The van der Waals surface area contributed by atoms with E-state index in [4.69, 9.17) is 9.15 Å². The van der Waals surface area contributed by atoms with E-state index in [0.717, 1.165) is 11.1 Å². The van der Waals surface area contributed by atoms with Crippen LogP contribution in [0.3, 0.4) is 0 Å². The lowest BCUT2D eigenvalue weighted by Crippen LogP contribution is -2.26. The van der Waals surface area contributed by atoms with Crippen LogP contribution in [0.1, 0.15) is 24.4 Å². The van der Waals surface area contributed by atoms with E-state index in [9.17, 15) is 9.00 Å². The number of nitrogens with one attached hydrogen (secondary N) is 1. The molecule has 0 saturated heterocycles. The summed E-state index contributed by atoms with van der Waals surface area (Å²) >= 11 is 0. The van der Waals surface area contributed by atoms with Crippen molar-refractivity contribution >= 4 is 33.5 Å². The molecular formula is C20H22N2O4S. The highest BCUT2D eigenvalue weighted by Gasteiger charge is 2.18. The average molecular weight is 386 g/mol. The number of furan rings is 1. The largest absolute Gasteiger partial charge is 0.490 e. The Balaban J connectivity index is 1.81. The summed E-state index contributed by atoms with van der Waals surface area (Å²) in [6.07, 6.45) is -0.0693. The van der Waals surface area contributed by atoms with Gasteiger partial charge in [-0.15, -0.1) is 0 Å². The number of nitrogens with zero attached hydrogens (tertiary/aromatic N) is 1. The fraction of sp³-hybridized carbons (Fsp3) is 0.250. The molecule has 0 fully saturated rings. The summed E-state index contributed by atoms with van der Waals surface area (Å²) < 4.78 is 26.4. The quantitative estimate of drug-likeness (QED) is 0.699. The third-order valence-electron chi connectivity index (χ3n) is 3.84. The predicted molar refractivity (Wildman–Crippen MR) is 107 cm³/mol. The first-order valence-corrected chi connectivity index (χ1v) is 9.69. The number of benzene rings is 2. The van der Waals surface area contributed by atoms with Crippen molar-refractivity contribution in [2.75, 3.05) is 19.0 Å². The summed E-state index contributed by atoms with van der Waals surface area (Å²) in [5.41, 5.74) is 1.56. The molecule has 1 heterocycles. The van der Waals surface area contributed by atoms with Crippen LogP contribution in [0.15, 0.2) is 57.8 Å². The normalized spacial score (nSPS) is 12.2. The molecule has 0 bridgehead atoms. The lowest BCUT2D eigenvalue weighted by atomic mass is 10.2. The SMILES string of the molecule is CC(C)Oc1ccccc1S(=O)NC(=O)c1cc2ccc(N(C)C)cc2o1. The molecule has 0 aliphatic rings. The zero-order chi connectivity index (χ0) is 19.6. The smallest absolute Gasteiger partial charge is 0.298 e. The number of amides is 1. The van der Waals surface area contributed by atoms with Crippen molar-refractivity contribution < 1.29 is 18.2 Å². The molecule has 0 saturated carbocycles. The van der Waals surface area contributed by atoms with Crippen LogP contribution in [0.25, 0.3) is 11.0 Å². The minimum Gasteiger partial charge on any atom is -0.490 e. The third-order valence-corrected chi connectivity index (χ3v) is 4.95. The Morgan fingerprint density at radius 3 is 2.59 bits per heavy atom. The van der Waals surface area contributed by atoms with Gasteiger partial charge in [0.1, 0.15) is 16.2 Å². The van der Waals surface area contributed by atoms with Gasteiger partial charge in [0, 0.05) is 31.2 Å². The highest BCUT2D eigenvalue weighted by Crippen LogP contribution is 2.25. The van der Waals surface area contributed by atoms with Crippen LogP contribution < -0.4 is 14.4 Å². The summed E-state index contributed by atoms with van der Waals surface area (Å²) in [5, 5.41) is 0.806. The molecule has 0 aliphatic carbocycles. The predicted octanol–water partition coefficient (Wildman–Crippen LogP) is 3.74. The molecule has 0 aliphatic heterocycles. The second-order valence-electron chi connectivity index (χ2n) is 6.54. The number of hydrogen-bond donors (Lipinski definition) is 1. The first-order chi connectivity index (χ1) is 12.8. The van der Waals surface area contributed by atoms with Gasteiger partial charge in [0.15, 0.2) is 16.7 Å². The molecule has 2 aromatic carbocycles. The number of carbonyl (C=O) groups is 1. The molecule has 142 valence electrons. The summed E-state index contributed by atoms with van der Waals surface area (Å²) in [5.74, 6) is 0.0400. The fourth-order valence-corrected chi connectivity index (χ4v) is 3.43. The van der Waals surface area contributed by atoms with Gasteiger partial charge >= 0.3 is 0 Å². The van der Waals surface area contributed by atoms with Gasteiger partial charge in [0.2, 0.25) is 0 Å². The maximum atomic E-state index is 12.6. The van der Waals surface area contributed by atoms with E-state index in [1.165, 1.54) is 0 Å². The van der Waals surface area contributed by atoms with Gasteiger partial charge in [0.25, 0.3) is 5.91 Å². The molecule has 0 radical (unpaired) electrons. The van der Waals surface area contributed by atoms with Crippen LogP contribution in [0.5, 0.6) is 5.75 Å². The number of para-hydroxylation sites is 1. The Hall–Kier alpha value is -2.80. The molecule has 1 N–H and O–H groups in total. The zero-order valence-corrected chi connectivity index (χ0v) is 16.5. The van der Waals surface area contributed by atoms with Crippen LogP contribution in [-0.4, -0.2) is 30.3 Å². The van der Waals surface area contributed by atoms with Gasteiger partial charge in [-0.3, -0.25) is 9.52 Å². The van der Waals surface area contributed by atoms with Gasteiger partial charge in [-0.05, 0) is 44.2 Å². The second-order valence-corrected chi connectivity index (χ2v) is 7.72. The Morgan fingerprint density at radius 1 is 1.15 bits per heavy atom. The van der Waals surface area contributed by atoms with Gasteiger partial charge in [0.05, 0.1) is 6.10 Å². The topological polar surface area (TPSA) is 71.8 Å². The third kappa shape index (κ3) is 4.31. The van der Waals surface area contributed by atoms with Gasteiger partial charge in [-0.2, -0.15) is 0 Å². The first kappa shape index (κ1) is 19.0. The van der Waals surface area contributed by atoms with E-state index in [1.807, 2.05) is 51.0 Å². The lowest BCUT2D eigenvalue weighted by Gasteiger charge is -2.13. The van der Waals surface area contributed by atoms with Crippen molar-refractivity contribution in [3.05, 3.63) is 54.3 Å². The summed E-state index contributed by atoms with van der Waals surface area (Å²) in [7, 11) is 2.09. The molecule has 1 aromatic heterocycles. The molecule has 7 heteroatoms. The van der Waals surface area contributed by atoms with Crippen LogP contribution in [0.4, 0.5) is 5.69 Å². The average Bonchev–Trinajstić information content (AvgIpc) is 3.04. The zero-order valence-electron chi connectivity index (χ0n) is 15.7. The Labute approximate surface area is 160 Å². The van der Waals surface area contributed by atoms with Crippen LogP contribution in [0, 0.1) is 0 Å².